The fraction of sp³-hybridized carbons (Fsp3) is 0.529. The first kappa shape index (κ1) is 16.8. The molecule has 0 bridgehead atoms. The molecule has 1 saturated heterocycles. The van der Waals surface area contributed by atoms with E-state index >= 15 is 0 Å². The average molecular weight is 324 g/mol. The molecule has 5 heteroatoms. The molecular weight excluding hydrogens is 302 g/mol. The van der Waals surface area contributed by atoms with Crippen molar-refractivity contribution in [1.82, 2.24) is 4.90 Å². The summed E-state index contributed by atoms with van der Waals surface area (Å²) in [6, 6.07) is 7.49. The van der Waals surface area contributed by atoms with Crippen molar-refractivity contribution in [2.75, 3.05) is 13.1 Å². The van der Waals surface area contributed by atoms with Crippen molar-refractivity contribution in [2.24, 2.45) is 17.3 Å². The van der Waals surface area contributed by atoms with Crippen LogP contribution in [0.5, 0.6) is 0 Å². The highest BCUT2D eigenvalue weighted by Crippen LogP contribution is 2.31. The van der Waals surface area contributed by atoms with Crippen molar-refractivity contribution in [3.8, 4) is 0 Å². The third kappa shape index (κ3) is 3.61. The lowest BCUT2D eigenvalue weighted by atomic mass is 9.84. The van der Waals surface area contributed by atoms with Gasteiger partial charge in [0, 0.05) is 23.5 Å². The van der Waals surface area contributed by atoms with Crippen LogP contribution in [0.25, 0.3) is 0 Å². The first-order chi connectivity index (χ1) is 10.2. The molecule has 2 atom stereocenters. The molecule has 4 nitrogen and oxygen atoms in total. The lowest BCUT2D eigenvalue weighted by Crippen LogP contribution is -2.41. The van der Waals surface area contributed by atoms with Gasteiger partial charge in [0.1, 0.15) is 0 Å². The van der Waals surface area contributed by atoms with Gasteiger partial charge in [0.15, 0.2) is 0 Å². The maximum absolute atomic E-state index is 12.8. The van der Waals surface area contributed by atoms with Crippen LogP contribution in [-0.2, 0) is 16.0 Å². The topological polar surface area (TPSA) is 57.6 Å². The second-order valence-electron chi connectivity index (χ2n) is 6.82. The Balaban J connectivity index is 2.09. The van der Waals surface area contributed by atoms with Crippen molar-refractivity contribution in [1.29, 1.82) is 0 Å². The van der Waals surface area contributed by atoms with Gasteiger partial charge in [-0.1, -0.05) is 44.5 Å². The minimum atomic E-state index is -0.824. The summed E-state index contributed by atoms with van der Waals surface area (Å²) in [5, 5.41) is 9.85. The van der Waals surface area contributed by atoms with Crippen LogP contribution in [0.1, 0.15) is 26.3 Å². The highest BCUT2D eigenvalue weighted by atomic mass is 35.5. The van der Waals surface area contributed by atoms with Gasteiger partial charge in [0.05, 0.1) is 5.92 Å². The van der Waals surface area contributed by atoms with E-state index in [4.69, 9.17) is 11.6 Å². The molecule has 0 radical (unpaired) electrons. The average Bonchev–Trinajstić information content (AvgIpc) is 2.79. The van der Waals surface area contributed by atoms with E-state index in [0.717, 1.165) is 5.56 Å². The highest BCUT2D eigenvalue weighted by Gasteiger charge is 2.41. The minimum absolute atomic E-state index is 0.00285. The molecule has 2 rings (SSSR count). The zero-order valence-corrected chi connectivity index (χ0v) is 13.9. The summed E-state index contributed by atoms with van der Waals surface area (Å²) < 4.78 is 0. The molecular formula is C17H22ClNO3. The summed E-state index contributed by atoms with van der Waals surface area (Å²) in [5.41, 5.74) is 0.422. The van der Waals surface area contributed by atoms with Gasteiger partial charge < -0.3 is 10.0 Å². The number of carboxylic acids is 1. The van der Waals surface area contributed by atoms with Gasteiger partial charge in [-0.05, 0) is 30.0 Å². The molecule has 1 aromatic rings. The molecule has 1 N–H and O–H groups in total. The number of amides is 1. The number of carbonyl (C=O) groups excluding carboxylic acids is 1. The molecule has 0 aromatic heterocycles. The number of carbonyl (C=O) groups is 2. The van der Waals surface area contributed by atoms with Gasteiger partial charge in [0.2, 0.25) is 5.91 Å². The summed E-state index contributed by atoms with van der Waals surface area (Å²) in [7, 11) is 0. The standard InChI is InChI=1S/C17H22ClNO3/c1-11-9-19(10-14(11)15(20)21)16(22)17(2,3)8-12-5-4-6-13(18)7-12/h4-7,11,14H,8-10H2,1-3H3,(H,20,21)/t11-,14-/m1/s1. The Kier molecular flexibility index (Phi) is 4.81. The largest absolute Gasteiger partial charge is 0.481 e. The highest BCUT2D eigenvalue weighted by molar-refractivity contribution is 6.30. The van der Waals surface area contributed by atoms with Crippen molar-refractivity contribution in [3.63, 3.8) is 0 Å². The van der Waals surface area contributed by atoms with Gasteiger partial charge in [-0.15, -0.1) is 0 Å². The molecule has 0 spiro atoms. The number of carboxylic acid groups (broad SMARTS) is 1. The Hall–Kier alpha value is -1.55. The second-order valence-corrected chi connectivity index (χ2v) is 7.26. The zero-order chi connectivity index (χ0) is 16.5. The van der Waals surface area contributed by atoms with Crippen LogP contribution < -0.4 is 0 Å². The summed E-state index contributed by atoms with van der Waals surface area (Å²) in [4.78, 5) is 25.7. The predicted octanol–water partition coefficient (Wildman–Crippen LogP) is 3.09. The molecule has 0 saturated carbocycles. The monoisotopic (exact) mass is 323 g/mol. The SMILES string of the molecule is C[C@@H]1CN(C(=O)C(C)(C)Cc2cccc(Cl)c2)C[C@H]1C(=O)O. The molecule has 1 heterocycles. The first-order valence-electron chi connectivity index (χ1n) is 7.47. The Morgan fingerprint density at radius 1 is 1.36 bits per heavy atom. The fourth-order valence-corrected chi connectivity index (χ4v) is 3.33. The van der Waals surface area contributed by atoms with Gasteiger partial charge in [0.25, 0.3) is 0 Å². The molecule has 1 fully saturated rings. The van der Waals surface area contributed by atoms with Crippen LogP contribution in [0.15, 0.2) is 24.3 Å². The van der Waals surface area contributed by atoms with Crippen molar-refractivity contribution < 1.29 is 14.7 Å². The van der Waals surface area contributed by atoms with Gasteiger partial charge >= 0.3 is 5.97 Å². The van der Waals surface area contributed by atoms with E-state index in [2.05, 4.69) is 0 Å². The molecule has 1 aliphatic heterocycles. The van der Waals surface area contributed by atoms with Crippen LogP contribution in [0.2, 0.25) is 5.02 Å². The van der Waals surface area contributed by atoms with Crippen LogP contribution in [0, 0.1) is 17.3 Å². The van der Waals surface area contributed by atoms with E-state index in [1.54, 1.807) is 11.0 Å². The minimum Gasteiger partial charge on any atom is -0.481 e. The predicted molar refractivity (Wildman–Crippen MR) is 85.8 cm³/mol. The van der Waals surface area contributed by atoms with Gasteiger partial charge in [-0.2, -0.15) is 0 Å². The maximum Gasteiger partial charge on any atom is 0.308 e. The summed E-state index contributed by atoms with van der Waals surface area (Å²) in [6.07, 6.45) is 0.578. The quantitative estimate of drug-likeness (QED) is 0.926. The van der Waals surface area contributed by atoms with E-state index in [-0.39, 0.29) is 11.8 Å². The van der Waals surface area contributed by atoms with E-state index < -0.39 is 17.3 Å². The number of likely N-dealkylation sites (tertiary alicyclic amines) is 1. The van der Waals surface area contributed by atoms with Gasteiger partial charge in [-0.3, -0.25) is 9.59 Å². The van der Waals surface area contributed by atoms with Crippen molar-refractivity contribution >= 4 is 23.5 Å². The summed E-state index contributed by atoms with van der Waals surface area (Å²) in [5.74, 6) is -1.30. The van der Waals surface area contributed by atoms with Crippen LogP contribution in [-0.4, -0.2) is 35.0 Å². The number of rotatable bonds is 4. The number of aliphatic carboxylic acids is 1. The van der Waals surface area contributed by atoms with Crippen LogP contribution in [0.4, 0.5) is 0 Å². The fourth-order valence-electron chi connectivity index (χ4n) is 3.11. The molecule has 22 heavy (non-hydrogen) atoms. The van der Waals surface area contributed by atoms with E-state index in [1.165, 1.54) is 0 Å². The molecule has 0 aliphatic carbocycles. The van der Waals surface area contributed by atoms with Gasteiger partial charge in [-0.25, -0.2) is 0 Å². The Morgan fingerprint density at radius 2 is 2.05 bits per heavy atom. The third-order valence-electron chi connectivity index (χ3n) is 4.33. The number of nitrogens with zero attached hydrogens (tertiary/aromatic N) is 1. The van der Waals surface area contributed by atoms with E-state index in [0.29, 0.717) is 24.5 Å². The zero-order valence-electron chi connectivity index (χ0n) is 13.2. The molecule has 1 aromatic carbocycles. The lowest BCUT2D eigenvalue weighted by Gasteiger charge is -2.29. The van der Waals surface area contributed by atoms with E-state index in [9.17, 15) is 14.7 Å². The maximum atomic E-state index is 12.8. The number of hydrogen-bond acceptors (Lipinski definition) is 2. The Labute approximate surface area is 136 Å². The summed E-state index contributed by atoms with van der Waals surface area (Å²) in [6.45, 7) is 6.49. The first-order valence-corrected chi connectivity index (χ1v) is 7.85. The molecule has 1 aliphatic rings. The number of halogens is 1. The lowest BCUT2D eigenvalue weighted by molar-refractivity contribution is -0.143. The second kappa shape index (κ2) is 6.29. The normalized spacial score (nSPS) is 21.9. The van der Waals surface area contributed by atoms with Crippen LogP contribution >= 0.6 is 11.6 Å². The van der Waals surface area contributed by atoms with Crippen LogP contribution in [0.3, 0.4) is 0 Å². The Morgan fingerprint density at radius 3 is 2.59 bits per heavy atom. The Bertz CT molecular complexity index is 585. The van der Waals surface area contributed by atoms with Crippen molar-refractivity contribution in [2.45, 2.75) is 27.2 Å². The number of hydrogen-bond donors (Lipinski definition) is 1. The number of benzene rings is 1. The molecule has 120 valence electrons. The third-order valence-corrected chi connectivity index (χ3v) is 4.57. The smallest absolute Gasteiger partial charge is 0.308 e. The molecule has 1 amide bonds. The van der Waals surface area contributed by atoms with Crippen molar-refractivity contribution in [3.05, 3.63) is 34.9 Å². The molecule has 0 unspecified atom stereocenters. The van der Waals surface area contributed by atoms with E-state index in [1.807, 2.05) is 39.0 Å². The summed E-state index contributed by atoms with van der Waals surface area (Å²) >= 11 is 5.99.